The SMILES string of the molecule is CCc1ccc(C(=O)Nc2sccc2C(=O)N(C)CCC(=O)O)cc1. The summed E-state index contributed by atoms with van der Waals surface area (Å²) in [4.78, 5) is 36.8. The van der Waals surface area contributed by atoms with Gasteiger partial charge in [-0.3, -0.25) is 14.4 Å². The summed E-state index contributed by atoms with van der Waals surface area (Å²) in [5, 5.41) is 13.7. The van der Waals surface area contributed by atoms with Crippen LogP contribution in [0.15, 0.2) is 35.7 Å². The standard InChI is InChI=1S/C18H20N2O4S/c1-3-12-4-6-13(7-5-12)16(23)19-17-14(9-11-25-17)18(24)20(2)10-8-15(21)22/h4-7,9,11H,3,8,10H2,1-2H3,(H,19,23)(H,21,22). The van der Waals surface area contributed by atoms with E-state index in [1.54, 1.807) is 23.6 Å². The van der Waals surface area contributed by atoms with Gasteiger partial charge in [0.25, 0.3) is 11.8 Å². The van der Waals surface area contributed by atoms with Crippen LogP contribution in [0.5, 0.6) is 0 Å². The van der Waals surface area contributed by atoms with Crippen LogP contribution in [0.4, 0.5) is 5.00 Å². The van der Waals surface area contributed by atoms with Crippen molar-refractivity contribution in [1.82, 2.24) is 4.90 Å². The Balaban J connectivity index is 2.08. The monoisotopic (exact) mass is 360 g/mol. The van der Waals surface area contributed by atoms with Crippen molar-refractivity contribution in [1.29, 1.82) is 0 Å². The second-order valence-electron chi connectivity index (χ2n) is 5.54. The van der Waals surface area contributed by atoms with E-state index in [1.165, 1.54) is 23.3 Å². The van der Waals surface area contributed by atoms with Gasteiger partial charge in [0, 0.05) is 19.2 Å². The highest BCUT2D eigenvalue weighted by Crippen LogP contribution is 2.25. The predicted molar refractivity (Wildman–Crippen MR) is 97.3 cm³/mol. The van der Waals surface area contributed by atoms with E-state index < -0.39 is 5.97 Å². The van der Waals surface area contributed by atoms with Gasteiger partial charge in [-0.15, -0.1) is 11.3 Å². The second kappa shape index (κ2) is 8.43. The fourth-order valence-corrected chi connectivity index (χ4v) is 2.99. The minimum absolute atomic E-state index is 0.107. The van der Waals surface area contributed by atoms with Gasteiger partial charge >= 0.3 is 5.97 Å². The minimum atomic E-state index is -0.964. The number of hydrogen-bond acceptors (Lipinski definition) is 4. The van der Waals surface area contributed by atoms with Crippen LogP contribution >= 0.6 is 11.3 Å². The van der Waals surface area contributed by atoms with Crippen molar-refractivity contribution in [2.45, 2.75) is 19.8 Å². The molecule has 0 spiro atoms. The molecule has 0 atom stereocenters. The number of aryl methyl sites for hydroxylation is 1. The van der Waals surface area contributed by atoms with Gasteiger partial charge in [-0.25, -0.2) is 0 Å². The number of thiophene rings is 1. The molecule has 7 heteroatoms. The molecule has 132 valence electrons. The Labute approximate surface area is 150 Å². The predicted octanol–water partition coefficient (Wildman–Crippen LogP) is 3.11. The van der Waals surface area contributed by atoms with Crippen LogP contribution in [0, 0.1) is 0 Å². The number of hydrogen-bond donors (Lipinski definition) is 2. The molecule has 0 aliphatic heterocycles. The first-order valence-corrected chi connectivity index (χ1v) is 8.75. The van der Waals surface area contributed by atoms with Gasteiger partial charge in [0.05, 0.1) is 12.0 Å². The number of carbonyl (C=O) groups is 3. The highest BCUT2D eigenvalue weighted by atomic mass is 32.1. The number of nitrogens with one attached hydrogen (secondary N) is 1. The Kier molecular flexibility index (Phi) is 6.30. The summed E-state index contributed by atoms with van der Waals surface area (Å²) in [7, 11) is 1.54. The summed E-state index contributed by atoms with van der Waals surface area (Å²) in [5.41, 5.74) is 2.02. The number of carbonyl (C=O) groups excluding carboxylic acids is 2. The van der Waals surface area contributed by atoms with E-state index in [-0.39, 0.29) is 24.8 Å². The van der Waals surface area contributed by atoms with Crippen LogP contribution < -0.4 is 5.32 Å². The summed E-state index contributed by atoms with van der Waals surface area (Å²) in [6, 6.07) is 8.93. The molecule has 2 amide bonds. The lowest BCUT2D eigenvalue weighted by Crippen LogP contribution is -2.29. The van der Waals surface area contributed by atoms with Crippen molar-refractivity contribution in [3.8, 4) is 0 Å². The molecule has 6 nitrogen and oxygen atoms in total. The number of nitrogens with zero attached hydrogens (tertiary/aromatic N) is 1. The number of carboxylic acid groups (broad SMARTS) is 1. The molecule has 0 fully saturated rings. The van der Waals surface area contributed by atoms with E-state index in [2.05, 4.69) is 5.32 Å². The fourth-order valence-electron chi connectivity index (χ4n) is 2.21. The molecule has 0 saturated heterocycles. The van der Waals surface area contributed by atoms with Gasteiger partial charge in [-0.05, 0) is 35.6 Å². The molecule has 0 saturated carbocycles. The number of anilines is 1. The van der Waals surface area contributed by atoms with E-state index in [0.29, 0.717) is 16.1 Å². The number of amides is 2. The maximum absolute atomic E-state index is 12.4. The topological polar surface area (TPSA) is 86.7 Å². The molecular weight excluding hydrogens is 340 g/mol. The first-order valence-electron chi connectivity index (χ1n) is 7.87. The van der Waals surface area contributed by atoms with Gasteiger partial charge in [-0.2, -0.15) is 0 Å². The minimum Gasteiger partial charge on any atom is -0.481 e. The molecule has 1 aromatic heterocycles. The summed E-state index contributed by atoms with van der Waals surface area (Å²) < 4.78 is 0. The molecule has 25 heavy (non-hydrogen) atoms. The zero-order chi connectivity index (χ0) is 18.4. The molecule has 2 rings (SSSR count). The molecule has 0 bridgehead atoms. The first-order chi connectivity index (χ1) is 11.9. The molecule has 0 aliphatic carbocycles. The number of carboxylic acids is 1. The summed E-state index contributed by atoms with van der Waals surface area (Å²) in [5.74, 6) is -1.57. The van der Waals surface area contributed by atoms with E-state index >= 15 is 0 Å². The summed E-state index contributed by atoms with van der Waals surface area (Å²) in [6.45, 7) is 2.15. The molecule has 2 N–H and O–H groups in total. The lowest BCUT2D eigenvalue weighted by atomic mass is 10.1. The van der Waals surface area contributed by atoms with Crippen molar-refractivity contribution in [2.75, 3.05) is 18.9 Å². The van der Waals surface area contributed by atoms with Crippen LogP contribution in [-0.2, 0) is 11.2 Å². The van der Waals surface area contributed by atoms with Crippen molar-refractivity contribution in [3.63, 3.8) is 0 Å². The molecule has 0 radical (unpaired) electrons. The fraction of sp³-hybridized carbons (Fsp3) is 0.278. The third-order valence-corrected chi connectivity index (χ3v) is 4.58. The van der Waals surface area contributed by atoms with Gasteiger partial charge in [0.15, 0.2) is 0 Å². The van der Waals surface area contributed by atoms with Crippen LogP contribution in [0.1, 0.15) is 39.6 Å². The largest absolute Gasteiger partial charge is 0.481 e. The van der Waals surface area contributed by atoms with Gasteiger partial charge < -0.3 is 15.3 Å². The van der Waals surface area contributed by atoms with Crippen molar-refractivity contribution < 1.29 is 19.5 Å². The summed E-state index contributed by atoms with van der Waals surface area (Å²) in [6.07, 6.45) is 0.770. The Bertz CT molecular complexity index is 768. The molecule has 0 aliphatic rings. The van der Waals surface area contributed by atoms with E-state index in [9.17, 15) is 14.4 Å². The maximum Gasteiger partial charge on any atom is 0.305 e. The smallest absolute Gasteiger partial charge is 0.305 e. The Morgan fingerprint density at radius 1 is 1.16 bits per heavy atom. The van der Waals surface area contributed by atoms with Crippen molar-refractivity contribution in [3.05, 3.63) is 52.4 Å². The first kappa shape index (κ1) is 18.7. The lowest BCUT2D eigenvalue weighted by molar-refractivity contribution is -0.137. The zero-order valence-corrected chi connectivity index (χ0v) is 14.9. The van der Waals surface area contributed by atoms with E-state index in [1.807, 2.05) is 19.1 Å². The average Bonchev–Trinajstić information content (AvgIpc) is 3.06. The Morgan fingerprint density at radius 2 is 1.84 bits per heavy atom. The second-order valence-corrected chi connectivity index (χ2v) is 6.45. The molecule has 2 aromatic rings. The Hall–Kier alpha value is -2.67. The van der Waals surface area contributed by atoms with Gasteiger partial charge in [0.2, 0.25) is 0 Å². The maximum atomic E-state index is 12.4. The number of benzene rings is 1. The van der Waals surface area contributed by atoms with Crippen LogP contribution in [0.2, 0.25) is 0 Å². The van der Waals surface area contributed by atoms with E-state index in [4.69, 9.17) is 5.11 Å². The van der Waals surface area contributed by atoms with E-state index in [0.717, 1.165) is 12.0 Å². The lowest BCUT2D eigenvalue weighted by Gasteiger charge is -2.16. The zero-order valence-electron chi connectivity index (χ0n) is 14.1. The van der Waals surface area contributed by atoms with Crippen LogP contribution in [0.3, 0.4) is 0 Å². The highest BCUT2D eigenvalue weighted by Gasteiger charge is 2.19. The number of rotatable bonds is 7. The quantitative estimate of drug-likeness (QED) is 0.794. The highest BCUT2D eigenvalue weighted by molar-refractivity contribution is 7.14. The normalized spacial score (nSPS) is 10.3. The van der Waals surface area contributed by atoms with Crippen LogP contribution in [0.25, 0.3) is 0 Å². The van der Waals surface area contributed by atoms with Gasteiger partial charge in [-0.1, -0.05) is 19.1 Å². The van der Waals surface area contributed by atoms with Gasteiger partial charge in [0.1, 0.15) is 5.00 Å². The summed E-state index contributed by atoms with van der Waals surface area (Å²) >= 11 is 1.25. The Morgan fingerprint density at radius 3 is 2.44 bits per heavy atom. The number of aliphatic carboxylic acids is 1. The molecule has 0 unspecified atom stereocenters. The molecular formula is C18H20N2O4S. The third-order valence-electron chi connectivity index (χ3n) is 3.75. The molecule has 1 heterocycles. The van der Waals surface area contributed by atoms with Crippen molar-refractivity contribution >= 4 is 34.1 Å². The van der Waals surface area contributed by atoms with Crippen molar-refractivity contribution in [2.24, 2.45) is 0 Å². The van der Waals surface area contributed by atoms with Crippen LogP contribution in [-0.4, -0.2) is 41.4 Å². The average molecular weight is 360 g/mol. The third kappa shape index (κ3) is 4.90. The molecule has 1 aromatic carbocycles.